The molecule has 2 N–H and O–H groups in total. The number of hydrogen-bond acceptors (Lipinski definition) is 5. The van der Waals surface area contributed by atoms with E-state index in [4.69, 9.17) is 4.74 Å². The second kappa shape index (κ2) is 5.50. The average molecular weight is 268 g/mol. The minimum absolute atomic E-state index is 0.119. The lowest BCUT2D eigenvalue weighted by atomic mass is 9.98. The van der Waals surface area contributed by atoms with Crippen molar-refractivity contribution >= 4 is 6.29 Å². The molecule has 7 heteroatoms. The minimum atomic E-state index is -0.565. The van der Waals surface area contributed by atoms with Gasteiger partial charge in [-0.25, -0.2) is 4.79 Å². The van der Waals surface area contributed by atoms with Gasteiger partial charge in [-0.05, 0) is 19.3 Å². The Balaban J connectivity index is 2.29. The highest BCUT2D eigenvalue weighted by Crippen LogP contribution is 2.33. The van der Waals surface area contributed by atoms with Gasteiger partial charge in [0.2, 0.25) is 0 Å². The van der Waals surface area contributed by atoms with Crippen LogP contribution >= 0.6 is 0 Å². The fourth-order valence-corrected chi connectivity index (χ4v) is 2.32. The highest BCUT2D eigenvalue weighted by atomic mass is 16.5. The van der Waals surface area contributed by atoms with Gasteiger partial charge in [-0.3, -0.25) is 14.3 Å². The predicted molar refractivity (Wildman–Crippen MR) is 65.8 cm³/mol. The lowest BCUT2D eigenvalue weighted by molar-refractivity contribution is -0.109. The van der Waals surface area contributed by atoms with Gasteiger partial charge in [0.1, 0.15) is 12.5 Å². The largest absolute Gasteiger partial charge is 0.394 e. The van der Waals surface area contributed by atoms with Gasteiger partial charge in [0.15, 0.2) is 0 Å². The molecule has 1 saturated heterocycles. The highest BCUT2D eigenvalue weighted by Gasteiger charge is 2.35. The van der Waals surface area contributed by atoms with Crippen LogP contribution in [-0.4, -0.2) is 33.7 Å². The molecule has 7 nitrogen and oxygen atoms in total. The van der Waals surface area contributed by atoms with Crippen molar-refractivity contribution in [2.24, 2.45) is 5.92 Å². The maximum absolute atomic E-state index is 11.7. The van der Waals surface area contributed by atoms with Crippen LogP contribution in [0, 0.1) is 12.8 Å². The number of ether oxygens (including phenoxy) is 1. The molecule has 104 valence electrons. The molecular weight excluding hydrogens is 252 g/mol. The number of nitrogens with one attached hydrogen (secondary N) is 1. The van der Waals surface area contributed by atoms with Crippen molar-refractivity contribution < 1.29 is 14.6 Å². The van der Waals surface area contributed by atoms with Gasteiger partial charge in [0.25, 0.3) is 5.56 Å². The van der Waals surface area contributed by atoms with E-state index in [2.05, 4.69) is 4.98 Å². The van der Waals surface area contributed by atoms with Gasteiger partial charge in [-0.15, -0.1) is 0 Å². The maximum Gasteiger partial charge on any atom is 0.330 e. The summed E-state index contributed by atoms with van der Waals surface area (Å²) in [6.07, 6.45) is 1.91. The van der Waals surface area contributed by atoms with Crippen LogP contribution in [0.1, 0.15) is 24.6 Å². The highest BCUT2D eigenvalue weighted by molar-refractivity contribution is 5.50. The number of carbonyl (C=O) groups excluding carboxylic acids is 1. The van der Waals surface area contributed by atoms with Gasteiger partial charge in [0.05, 0.1) is 12.7 Å². The number of carbonyl (C=O) groups is 1. The number of nitrogens with zero attached hydrogens (tertiary/aromatic N) is 1. The van der Waals surface area contributed by atoms with Crippen LogP contribution in [0.15, 0.2) is 15.8 Å². The average Bonchev–Trinajstić information content (AvgIpc) is 2.77. The van der Waals surface area contributed by atoms with Crippen molar-refractivity contribution in [3.8, 4) is 0 Å². The van der Waals surface area contributed by atoms with E-state index in [1.165, 1.54) is 10.8 Å². The summed E-state index contributed by atoms with van der Waals surface area (Å²) in [5.41, 5.74) is -0.575. The predicted octanol–water partition coefficient (Wildman–Crippen LogP) is -0.670. The Morgan fingerprint density at radius 3 is 2.95 bits per heavy atom. The first-order valence-corrected chi connectivity index (χ1v) is 6.08. The number of aliphatic hydroxyl groups excluding tert-OH is 1. The second-order valence-electron chi connectivity index (χ2n) is 4.69. The molecule has 0 aliphatic carbocycles. The third-order valence-electron chi connectivity index (χ3n) is 3.40. The summed E-state index contributed by atoms with van der Waals surface area (Å²) in [6.45, 7) is 1.39. The molecule has 2 rings (SSSR count). The minimum Gasteiger partial charge on any atom is -0.394 e. The Morgan fingerprint density at radius 2 is 2.32 bits per heavy atom. The molecule has 0 amide bonds. The summed E-state index contributed by atoms with van der Waals surface area (Å²) >= 11 is 0. The molecule has 19 heavy (non-hydrogen) atoms. The topological polar surface area (TPSA) is 101 Å². The molecular formula is C12H16N2O5. The number of aliphatic hydroxyl groups is 1. The molecule has 0 spiro atoms. The molecule has 3 atom stereocenters. The zero-order valence-electron chi connectivity index (χ0n) is 10.5. The molecule has 1 unspecified atom stereocenters. The number of aromatic nitrogens is 2. The van der Waals surface area contributed by atoms with Crippen molar-refractivity contribution in [1.82, 2.24) is 9.55 Å². The first-order chi connectivity index (χ1) is 9.06. The molecule has 1 fully saturated rings. The zero-order valence-corrected chi connectivity index (χ0v) is 10.5. The van der Waals surface area contributed by atoms with Crippen LogP contribution in [0.4, 0.5) is 0 Å². The molecule has 1 aliphatic rings. The van der Waals surface area contributed by atoms with Crippen LogP contribution in [-0.2, 0) is 9.53 Å². The van der Waals surface area contributed by atoms with Gasteiger partial charge in [-0.1, -0.05) is 0 Å². The third kappa shape index (κ3) is 2.66. The molecule has 1 aliphatic heterocycles. The van der Waals surface area contributed by atoms with Crippen molar-refractivity contribution in [3.63, 3.8) is 0 Å². The lowest BCUT2D eigenvalue weighted by Crippen LogP contribution is -2.33. The van der Waals surface area contributed by atoms with E-state index in [0.29, 0.717) is 12.0 Å². The van der Waals surface area contributed by atoms with Gasteiger partial charge in [-0.2, -0.15) is 0 Å². The van der Waals surface area contributed by atoms with Crippen LogP contribution in [0.25, 0.3) is 0 Å². The maximum atomic E-state index is 11.7. The Bertz CT molecular complexity index is 576. The van der Waals surface area contributed by atoms with E-state index in [0.717, 1.165) is 6.29 Å². The van der Waals surface area contributed by atoms with E-state index >= 15 is 0 Å². The normalized spacial score (nSPS) is 26.5. The fraction of sp³-hybridized carbons (Fsp3) is 0.583. The van der Waals surface area contributed by atoms with Crippen molar-refractivity contribution in [1.29, 1.82) is 0 Å². The van der Waals surface area contributed by atoms with Crippen molar-refractivity contribution in [2.45, 2.75) is 32.1 Å². The summed E-state index contributed by atoms with van der Waals surface area (Å²) in [7, 11) is 0. The molecule has 1 aromatic rings. The Morgan fingerprint density at radius 1 is 1.58 bits per heavy atom. The van der Waals surface area contributed by atoms with Crippen LogP contribution in [0.3, 0.4) is 0 Å². The number of aldehydes is 1. The lowest BCUT2D eigenvalue weighted by Gasteiger charge is -2.15. The smallest absolute Gasteiger partial charge is 0.330 e. The van der Waals surface area contributed by atoms with E-state index < -0.39 is 23.6 Å². The molecule has 0 radical (unpaired) electrons. The molecule has 1 aromatic heterocycles. The molecule has 0 aromatic carbocycles. The number of aromatic amines is 1. The quantitative estimate of drug-likeness (QED) is 0.705. The zero-order chi connectivity index (χ0) is 14.0. The second-order valence-corrected chi connectivity index (χ2v) is 4.69. The number of aryl methyl sites for hydroxylation is 1. The van der Waals surface area contributed by atoms with E-state index in [-0.39, 0.29) is 18.9 Å². The number of H-pyrrole nitrogens is 1. The summed E-state index contributed by atoms with van der Waals surface area (Å²) in [4.78, 5) is 35.8. The number of rotatable bonds is 4. The summed E-state index contributed by atoms with van der Waals surface area (Å²) in [6, 6.07) is 0. The Hall–Kier alpha value is -1.73. The summed E-state index contributed by atoms with van der Waals surface area (Å²) < 4.78 is 6.87. The van der Waals surface area contributed by atoms with Gasteiger partial charge in [0, 0.05) is 18.2 Å². The Kier molecular flexibility index (Phi) is 3.96. The first kappa shape index (κ1) is 13.7. The third-order valence-corrected chi connectivity index (χ3v) is 3.40. The monoisotopic (exact) mass is 268 g/mol. The first-order valence-electron chi connectivity index (χ1n) is 6.08. The molecule has 0 bridgehead atoms. The van der Waals surface area contributed by atoms with Crippen molar-refractivity contribution in [2.75, 3.05) is 6.61 Å². The fourth-order valence-electron chi connectivity index (χ4n) is 2.32. The standard InChI is InChI=1S/C12H16N2O5/c1-7-5-14(12(18)13-11(7)17)10-4-8(2-3-15)9(6-16)19-10/h3,5,8-10,16H,2,4,6H2,1H3,(H,13,17,18)/t8?,9-,10-/m1/s1. The van der Waals surface area contributed by atoms with E-state index in [1.54, 1.807) is 6.92 Å². The molecule has 0 saturated carbocycles. The van der Waals surface area contributed by atoms with Crippen LogP contribution in [0.5, 0.6) is 0 Å². The Labute approximate surface area is 108 Å². The van der Waals surface area contributed by atoms with Gasteiger partial charge >= 0.3 is 5.69 Å². The van der Waals surface area contributed by atoms with Crippen LogP contribution < -0.4 is 11.2 Å². The van der Waals surface area contributed by atoms with Gasteiger partial charge < -0.3 is 14.6 Å². The molecule has 2 heterocycles. The summed E-state index contributed by atoms with van der Waals surface area (Å²) in [5.74, 6) is -0.119. The van der Waals surface area contributed by atoms with E-state index in [9.17, 15) is 19.5 Å². The summed E-state index contributed by atoms with van der Waals surface area (Å²) in [5, 5.41) is 9.21. The number of hydrogen-bond donors (Lipinski definition) is 2. The SMILES string of the molecule is Cc1cn([C@H]2CC(CC=O)[C@@H](CO)O2)c(=O)[nH]c1=O. The van der Waals surface area contributed by atoms with Crippen LogP contribution in [0.2, 0.25) is 0 Å². The van der Waals surface area contributed by atoms with Crippen molar-refractivity contribution in [3.05, 3.63) is 32.6 Å². The van der Waals surface area contributed by atoms with E-state index in [1.807, 2.05) is 0 Å².